The van der Waals surface area contributed by atoms with E-state index >= 15 is 0 Å². The molecule has 0 saturated heterocycles. The van der Waals surface area contributed by atoms with Gasteiger partial charge in [0.2, 0.25) is 11.8 Å². The number of hydrogen-bond acceptors (Lipinski definition) is 7. The van der Waals surface area contributed by atoms with Crippen LogP contribution in [-0.4, -0.2) is 37.4 Å². The summed E-state index contributed by atoms with van der Waals surface area (Å²) in [5.74, 6) is -0.886. The van der Waals surface area contributed by atoms with Crippen LogP contribution in [0.15, 0.2) is 36.8 Å². The molecule has 0 saturated carbocycles. The highest BCUT2D eigenvalue weighted by Gasteiger charge is 2.31. The van der Waals surface area contributed by atoms with Crippen LogP contribution >= 0.6 is 23.2 Å². The van der Waals surface area contributed by atoms with E-state index in [-0.39, 0.29) is 51.0 Å². The molecule has 0 bridgehead atoms. The van der Waals surface area contributed by atoms with Gasteiger partial charge in [0.15, 0.2) is 5.65 Å². The number of amides is 1. The second kappa shape index (κ2) is 9.31. The fraction of sp³-hybridized carbons (Fsp3) is 0.150. The van der Waals surface area contributed by atoms with Gasteiger partial charge in [-0.25, -0.2) is 9.97 Å². The van der Waals surface area contributed by atoms with Crippen molar-refractivity contribution in [3.63, 3.8) is 0 Å². The van der Waals surface area contributed by atoms with Crippen LogP contribution in [0.25, 0.3) is 11.2 Å². The van der Waals surface area contributed by atoms with E-state index in [4.69, 9.17) is 27.9 Å². The van der Waals surface area contributed by atoms with Gasteiger partial charge in [0, 0.05) is 18.6 Å². The fourth-order valence-corrected chi connectivity index (χ4v) is 3.36. The molecule has 0 spiro atoms. The molecule has 176 valence electrons. The molecule has 0 unspecified atom stereocenters. The second-order valence-corrected chi connectivity index (χ2v) is 7.53. The lowest BCUT2D eigenvalue weighted by Gasteiger charge is -2.11. The zero-order valence-electron chi connectivity index (χ0n) is 17.2. The molecule has 0 radical (unpaired) electrons. The maximum Gasteiger partial charge on any atom is 0.416 e. The first-order valence-electron chi connectivity index (χ1n) is 9.60. The zero-order chi connectivity index (χ0) is 24.5. The van der Waals surface area contributed by atoms with Gasteiger partial charge in [-0.15, -0.1) is 0 Å². The summed E-state index contributed by atoms with van der Waals surface area (Å²) in [4.78, 5) is 32.0. The normalized spacial score (nSPS) is 11.5. The third kappa shape index (κ3) is 4.97. The van der Waals surface area contributed by atoms with Crippen molar-refractivity contribution in [2.75, 3.05) is 17.2 Å². The number of alkyl halides is 3. The number of nitrogens with one attached hydrogen (secondary N) is 3. The number of aromatic amines is 1. The number of ether oxygens (including phenoxy) is 1. The number of nitrogens with zero attached hydrogens (tertiary/aromatic N) is 4. The van der Waals surface area contributed by atoms with Crippen LogP contribution in [0.3, 0.4) is 0 Å². The number of halogens is 5. The maximum absolute atomic E-state index is 13.0. The third-order valence-corrected chi connectivity index (χ3v) is 4.96. The van der Waals surface area contributed by atoms with Gasteiger partial charge in [0.05, 0.1) is 27.9 Å². The van der Waals surface area contributed by atoms with Crippen molar-refractivity contribution in [2.45, 2.75) is 13.1 Å². The smallest absolute Gasteiger partial charge is 0.416 e. The van der Waals surface area contributed by atoms with Crippen LogP contribution in [0, 0.1) is 0 Å². The number of rotatable bonds is 6. The largest absolute Gasteiger partial charge is 0.477 e. The Kier molecular flexibility index (Phi) is 6.44. The number of hydrogen-bond donors (Lipinski definition) is 3. The predicted molar refractivity (Wildman–Crippen MR) is 120 cm³/mol. The lowest BCUT2D eigenvalue weighted by atomic mass is 10.2. The Bertz CT molecular complexity index is 1360. The van der Waals surface area contributed by atoms with E-state index in [1.807, 2.05) is 0 Å². The molecule has 0 aromatic carbocycles. The van der Waals surface area contributed by atoms with Crippen molar-refractivity contribution in [3.8, 4) is 5.88 Å². The minimum Gasteiger partial charge on any atom is -0.477 e. The average molecular weight is 512 g/mol. The molecule has 4 rings (SSSR count). The monoisotopic (exact) mass is 511 g/mol. The molecule has 9 nitrogen and oxygen atoms in total. The van der Waals surface area contributed by atoms with Crippen LogP contribution < -0.4 is 15.4 Å². The highest BCUT2D eigenvalue weighted by Crippen LogP contribution is 2.32. The molecular weight excluding hydrogens is 498 g/mol. The van der Waals surface area contributed by atoms with Crippen LogP contribution in [0.4, 0.5) is 30.6 Å². The Hall–Kier alpha value is -3.64. The summed E-state index contributed by atoms with van der Waals surface area (Å²) in [6.45, 7) is 1.87. The Morgan fingerprint density at radius 1 is 1.18 bits per heavy atom. The molecule has 4 aromatic heterocycles. The number of carbonyl (C=O) groups excluding carboxylic acids is 1. The number of fused-ring (bicyclic) bond motifs is 1. The summed E-state index contributed by atoms with van der Waals surface area (Å²) in [5.41, 5.74) is -0.0918. The predicted octanol–water partition coefficient (Wildman–Crippen LogP) is 5.47. The van der Waals surface area contributed by atoms with Gasteiger partial charge in [-0.05, 0) is 25.1 Å². The number of H-pyrrole nitrogens is 1. The lowest BCUT2D eigenvalue weighted by molar-refractivity contribution is -0.137. The Morgan fingerprint density at radius 2 is 1.91 bits per heavy atom. The van der Waals surface area contributed by atoms with E-state index in [1.165, 1.54) is 18.5 Å². The molecular formula is C20H14Cl2F3N7O2. The van der Waals surface area contributed by atoms with E-state index in [1.54, 1.807) is 6.92 Å². The maximum atomic E-state index is 13.0. The number of carbonyl (C=O) groups is 1. The molecule has 0 aliphatic rings. The van der Waals surface area contributed by atoms with Crippen LogP contribution in [0.1, 0.15) is 22.8 Å². The number of aromatic nitrogens is 5. The summed E-state index contributed by atoms with van der Waals surface area (Å²) in [6, 6.07) is 2.91. The lowest BCUT2D eigenvalue weighted by Crippen LogP contribution is -2.16. The molecule has 0 aliphatic heterocycles. The topological polar surface area (TPSA) is 118 Å². The van der Waals surface area contributed by atoms with E-state index in [9.17, 15) is 18.0 Å². The molecule has 0 atom stereocenters. The quantitative estimate of drug-likeness (QED) is 0.314. The first-order chi connectivity index (χ1) is 16.2. The van der Waals surface area contributed by atoms with Crippen molar-refractivity contribution in [2.24, 2.45) is 0 Å². The van der Waals surface area contributed by atoms with Gasteiger partial charge in [0.25, 0.3) is 5.91 Å². The fourth-order valence-electron chi connectivity index (χ4n) is 2.90. The molecule has 4 aromatic rings. The van der Waals surface area contributed by atoms with Gasteiger partial charge >= 0.3 is 6.18 Å². The number of imidazole rings is 1. The summed E-state index contributed by atoms with van der Waals surface area (Å²) >= 11 is 12.2. The number of anilines is 3. The summed E-state index contributed by atoms with van der Waals surface area (Å²) in [5, 5.41) is 5.76. The Balaban J connectivity index is 1.67. The molecule has 0 aliphatic carbocycles. The van der Waals surface area contributed by atoms with Crippen molar-refractivity contribution < 1.29 is 22.7 Å². The standard InChI is InChI=1S/C20H14Cl2F3N7O2/c1-2-34-18-10(17(33)29-14-5-9(3-4-27-14)20(23,24)25)6-13-16(31-18)32-19(28-13)30-15-11(21)7-26-8-12(15)22/h3-8H,2H2,1H3,(H,27,29,33)(H2,26,28,30,31,32). The SMILES string of the molecule is CCOc1nc2[nH]c(Nc3c(Cl)cncc3Cl)nc2cc1C(=O)Nc1cc(C(F)(F)F)ccn1. The minimum absolute atomic E-state index is 0.0466. The summed E-state index contributed by atoms with van der Waals surface area (Å²) in [6.07, 6.45) is -0.842. The second-order valence-electron chi connectivity index (χ2n) is 6.71. The molecule has 4 heterocycles. The van der Waals surface area contributed by atoms with Crippen molar-refractivity contribution >= 4 is 57.7 Å². The van der Waals surface area contributed by atoms with E-state index in [0.717, 1.165) is 18.3 Å². The van der Waals surface area contributed by atoms with Gasteiger partial charge in [-0.3, -0.25) is 9.78 Å². The molecule has 3 N–H and O–H groups in total. The first kappa shape index (κ1) is 23.5. The Labute approximate surface area is 199 Å². The van der Waals surface area contributed by atoms with Crippen LogP contribution in [0.2, 0.25) is 10.0 Å². The summed E-state index contributed by atoms with van der Waals surface area (Å²) < 4.78 is 44.4. The van der Waals surface area contributed by atoms with Crippen molar-refractivity contribution in [3.05, 3.63) is 58.0 Å². The molecule has 0 fully saturated rings. The molecule has 1 amide bonds. The first-order valence-corrected chi connectivity index (χ1v) is 10.4. The number of pyridine rings is 3. The molecule has 14 heteroatoms. The van der Waals surface area contributed by atoms with Crippen LogP contribution in [0.5, 0.6) is 5.88 Å². The minimum atomic E-state index is -4.58. The third-order valence-electron chi connectivity index (χ3n) is 4.39. The highest BCUT2D eigenvalue weighted by molar-refractivity contribution is 6.39. The highest BCUT2D eigenvalue weighted by atomic mass is 35.5. The average Bonchev–Trinajstić information content (AvgIpc) is 3.17. The van der Waals surface area contributed by atoms with Crippen molar-refractivity contribution in [1.29, 1.82) is 0 Å². The van der Waals surface area contributed by atoms with Gasteiger partial charge < -0.3 is 20.4 Å². The van der Waals surface area contributed by atoms with Gasteiger partial charge in [-0.2, -0.15) is 18.2 Å². The summed E-state index contributed by atoms with van der Waals surface area (Å²) in [7, 11) is 0. The van der Waals surface area contributed by atoms with E-state index < -0.39 is 17.6 Å². The van der Waals surface area contributed by atoms with Crippen LogP contribution in [-0.2, 0) is 6.18 Å². The van der Waals surface area contributed by atoms with Crippen molar-refractivity contribution in [1.82, 2.24) is 24.9 Å². The Morgan fingerprint density at radius 3 is 2.59 bits per heavy atom. The van der Waals surface area contributed by atoms with Gasteiger partial charge in [-0.1, -0.05) is 23.2 Å². The molecule has 34 heavy (non-hydrogen) atoms. The zero-order valence-corrected chi connectivity index (χ0v) is 18.7. The van der Waals surface area contributed by atoms with E-state index in [2.05, 4.69) is 35.6 Å². The van der Waals surface area contributed by atoms with Gasteiger partial charge in [0.1, 0.15) is 16.9 Å². The van der Waals surface area contributed by atoms with E-state index in [0.29, 0.717) is 5.69 Å².